The van der Waals surface area contributed by atoms with Gasteiger partial charge in [-0.1, -0.05) is 31.2 Å². The third kappa shape index (κ3) is 4.37. The number of pyridine rings is 1. The van der Waals surface area contributed by atoms with Gasteiger partial charge in [0.25, 0.3) is 11.8 Å². The molecular weight excluding hydrogens is 364 g/mol. The van der Waals surface area contributed by atoms with E-state index in [-0.39, 0.29) is 17.1 Å². The molecule has 0 bridgehead atoms. The van der Waals surface area contributed by atoms with Crippen molar-refractivity contribution in [3.05, 3.63) is 89.2 Å². The van der Waals surface area contributed by atoms with Crippen molar-refractivity contribution < 1.29 is 18.4 Å². The van der Waals surface area contributed by atoms with E-state index < -0.39 is 23.4 Å². The summed E-state index contributed by atoms with van der Waals surface area (Å²) in [5.41, 5.74) is 1.43. The predicted octanol–water partition coefficient (Wildman–Crippen LogP) is 4.43. The zero-order chi connectivity index (χ0) is 20.1. The van der Waals surface area contributed by atoms with Crippen LogP contribution in [0.15, 0.2) is 60.7 Å². The third-order valence-corrected chi connectivity index (χ3v) is 4.04. The number of carbonyl (C=O) groups excluding carboxylic acids is 2. The maximum atomic E-state index is 13.7. The highest BCUT2D eigenvalue weighted by Gasteiger charge is 2.15. The molecule has 0 spiro atoms. The van der Waals surface area contributed by atoms with E-state index in [0.717, 1.165) is 24.1 Å². The van der Waals surface area contributed by atoms with Crippen molar-refractivity contribution in [2.75, 3.05) is 10.6 Å². The van der Waals surface area contributed by atoms with Crippen LogP contribution in [0, 0.1) is 11.6 Å². The standard InChI is InChI=1S/C21H17F2N3O2/c1-2-13-6-3-4-7-16(13)25-20(27)18-8-5-9-19(24-18)21(28)26-17-11-10-14(22)12-15(17)23/h3-12H,2H2,1H3,(H,25,27)(H,26,28). The monoisotopic (exact) mass is 381 g/mol. The number of hydrogen-bond donors (Lipinski definition) is 2. The molecule has 0 unspecified atom stereocenters. The molecule has 0 atom stereocenters. The summed E-state index contributed by atoms with van der Waals surface area (Å²) in [6.07, 6.45) is 0.746. The lowest BCUT2D eigenvalue weighted by atomic mass is 10.1. The molecule has 2 aromatic carbocycles. The summed E-state index contributed by atoms with van der Waals surface area (Å²) in [5, 5.41) is 5.09. The fourth-order valence-corrected chi connectivity index (χ4v) is 2.60. The molecule has 1 aromatic heterocycles. The Morgan fingerprint density at radius 1 is 0.857 bits per heavy atom. The Morgan fingerprint density at radius 2 is 1.50 bits per heavy atom. The van der Waals surface area contributed by atoms with Gasteiger partial charge in [0.05, 0.1) is 5.69 Å². The molecule has 2 N–H and O–H groups in total. The minimum atomic E-state index is -0.904. The Bertz CT molecular complexity index is 1040. The van der Waals surface area contributed by atoms with Crippen molar-refractivity contribution in [3.63, 3.8) is 0 Å². The summed E-state index contributed by atoms with van der Waals surface area (Å²) in [7, 11) is 0. The van der Waals surface area contributed by atoms with Crippen molar-refractivity contribution in [1.29, 1.82) is 0 Å². The van der Waals surface area contributed by atoms with Crippen LogP contribution in [-0.4, -0.2) is 16.8 Å². The quantitative estimate of drug-likeness (QED) is 0.687. The van der Waals surface area contributed by atoms with E-state index in [1.807, 2.05) is 25.1 Å². The number of hydrogen-bond acceptors (Lipinski definition) is 3. The van der Waals surface area contributed by atoms with Gasteiger partial charge in [0, 0.05) is 11.8 Å². The molecule has 0 fully saturated rings. The molecule has 3 aromatic rings. The highest BCUT2D eigenvalue weighted by atomic mass is 19.1. The Labute approximate surface area is 160 Å². The second-order valence-electron chi connectivity index (χ2n) is 5.95. The fourth-order valence-electron chi connectivity index (χ4n) is 2.60. The molecule has 0 aliphatic carbocycles. The first-order valence-electron chi connectivity index (χ1n) is 8.60. The molecule has 3 rings (SSSR count). The van der Waals surface area contributed by atoms with Crippen molar-refractivity contribution in [3.8, 4) is 0 Å². The average Bonchev–Trinajstić information content (AvgIpc) is 2.70. The summed E-state index contributed by atoms with van der Waals surface area (Å²) < 4.78 is 26.7. The minimum absolute atomic E-state index is 0.0399. The van der Waals surface area contributed by atoms with Gasteiger partial charge in [-0.3, -0.25) is 9.59 Å². The molecule has 0 saturated heterocycles. The summed E-state index contributed by atoms with van der Waals surface area (Å²) >= 11 is 0. The van der Waals surface area contributed by atoms with Crippen molar-refractivity contribution in [2.45, 2.75) is 13.3 Å². The second-order valence-corrected chi connectivity index (χ2v) is 5.95. The van der Waals surface area contributed by atoms with Gasteiger partial charge in [-0.25, -0.2) is 13.8 Å². The van der Waals surface area contributed by atoms with E-state index >= 15 is 0 Å². The van der Waals surface area contributed by atoms with E-state index in [2.05, 4.69) is 15.6 Å². The average molecular weight is 381 g/mol. The summed E-state index contributed by atoms with van der Waals surface area (Å²) in [6.45, 7) is 1.97. The highest BCUT2D eigenvalue weighted by molar-refractivity contribution is 6.06. The number of carbonyl (C=O) groups is 2. The molecule has 2 amide bonds. The first-order valence-corrected chi connectivity index (χ1v) is 8.60. The first kappa shape index (κ1) is 19.2. The van der Waals surface area contributed by atoms with Gasteiger partial charge in [0.15, 0.2) is 0 Å². The van der Waals surface area contributed by atoms with Crippen LogP contribution < -0.4 is 10.6 Å². The number of amides is 2. The van der Waals surface area contributed by atoms with Crippen molar-refractivity contribution in [2.24, 2.45) is 0 Å². The number of aryl methyl sites for hydroxylation is 1. The first-order chi connectivity index (χ1) is 13.5. The van der Waals surface area contributed by atoms with Gasteiger partial charge in [-0.05, 0) is 42.3 Å². The van der Waals surface area contributed by atoms with Crippen LogP contribution in [-0.2, 0) is 6.42 Å². The van der Waals surface area contributed by atoms with Crippen LogP contribution in [0.5, 0.6) is 0 Å². The lowest BCUT2D eigenvalue weighted by Crippen LogP contribution is -2.19. The zero-order valence-electron chi connectivity index (χ0n) is 15.0. The van der Waals surface area contributed by atoms with Crippen LogP contribution >= 0.6 is 0 Å². The third-order valence-electron chi connectivity index (χ3n) is 4.04. The fraction of sp³-hybridized carbons (Fsp3) is 0.0952. The van der Waals surface area contributed by atoms with Crippen molar-refractivity contribution >= 4 is 23.2 Å². The summed E-state index contributed by atoms with van der Waals surface area (Å²) in [5.74, 6) is -2.84. The Hall–Kier alpha value is -3.61. The van der Waals surface area contributed by atoms with Crippen LogP contribution in [0.4, 0.5) is 20.2 Å². The van der Waals surface area contributed by atoms with Gasteiger partial charge in [0.1, 0.15) is 23.0 Å². The SMILES string of the molecule is CCc1ccccc1NC(=O)c1cccc(C(=O)Nc2ccc(F)cc2F)n1. The van der Waals surface area contributed by atoms with E-state index in [1.165, 1.54) is 18.2 Å². The maximum absolute atomic E-state index is 13.7. The number of nitrogens with one attached hydrogen (secondary N) is 2. The number of benzene rings is 2. The predicted molar refractivity (Wildman–Crippen MR) is 102 cm³/mol. The van der Waals surface area contributed by atoms with Gasteiger partial charge in [-0.2, -0.15) is 0 Å². The zero-order valence-corrected chi connectivity index (χ0v) is 15.0. The molecule has 7 heteroatoms. The lowest BCUT2D eigenvalue weighted by molar-refractivity contribution is 0.101. The van der Waals surface area contributed by atoms with Gasteiger partial charge in [0.2, 0.25) is 0 Å². The normalized spacial score (nSPS) is 10.4. The summed E-state index contributed by atoms with van der Waals surface area (Å²) in [6, 6.07) is 14.6. The molecule has 0 saturated carbocycles. The molecular formula is C21H17F2N3O2. The van der Waals surface area contributed by atoms with E-state index in [9.17, 15) is 18.4 Å². The number of aromatic nitrogens is 1. The molecule has 0 aliphatic rings. The Balaban J connectivity index is 1.77. The van der Waals surface area contributed by atoms with Crippen LogP contribution in [0.3, 0.4) is 0 Å². The van der Waals surface area contributed by atoms with Crippen LogP contribution in [0.1, 0.15) is 33.5 Å². The smallest absolute Gasteiger partial charge is 0.274 e. The topological polar surface area (TPSA) is 71.1 Å². The number of para-hydroxylation sites is 1. The lowest BCUT2D eigenvalue weighted by Gasteiger charge is -2.10. The summed E-state index contributed by atoms with van der Waals surface area (Å²) in [4.78, 5) is 28.9. The number of halogens is 2. The number of anilines is 2. The molecule has 5 nitrogen and oxygen atoms in total. The molecule has 0 aliphatic heterocycles. The molecule has 1 heterocycles. The van der Waals surface area contributed by atoms with E-state index in [0.29, 0.717) is 11.8 Å². The Kier molecular flexibility index (Phi) is 5.74. The molecule has 142 valence electrons. The van der Waals surface area contributed by atoms with Crippen LogP contribution in [0.2, 0.25) is 0 Å². The number of nitrogens with zero attached hydrogens (tertiary/aromatic N) is 1. The molecule has 28 heavy (non-hydrogen) atoms. The second kappa shape index (κ2) is 8.39. The van der Waals surface area contributed by atoms with Crippen molar-refractivity contribution in [1.82, 2.24) is 4.98 Å². The van der Waals surface area contributed by atoms with Gasteiger partial charge >= 0.3 is 0 Å². The molecule has 0 radical (unpaired) electrons. The Morgan fingerprint density at radius 3 is 2.14 bits per heavy atom. The minimum Gasteiger partial charge on any atom is -0.320 e. The number of rotatable bonds is 5. The van der Waals surface area contributed by atoms with Gasteiger partial charge in [-0.15, -0.1) is 0 Å². The maximum Gasteiger partial charge on any atom is 0.274 e. The van der Waals surface area contributed by atoms with E-state index in [4.69, 9.17) is 0 Å². The largest absolute Gasteiger partial charge is 0.320 e. The highest BCUT2D eigenvalue weighted by Crippen LogP contribution is 2.18. The van der Waals surface area contributed by atoms with Gasteiger partial charge < -0.3 is 10.6 Å². The van der Waals surface area contributed by atoms with Crippen LogP contribution in [0.25, 0.3) is 0 Å². The van der Waals surface area contributed by atoms with E-state index in [1.54, 1.807) is 6.07 Å².